The van der Waals surface area contributed by atoms with Crippen LogP contribution in [0.3, 0.4) is 0 Å². The van der Waals surface area contributed by atoms with Crippen LogP contribution >= 0.6 is 0 Å². The van der Waals surface area contributed by atoms with E-state index in [4.69, 9.17) is 5.84 Å². The molecule has 0 aliphatic rings. The minimum Gasteiger partial charge on any atom is -0.271 e. The maximum Gasteiger partial charge on any atom is 0.0250 e. The van der Waals surface area contributed by atoms with E-state index in [9.17, 15) is 0 Å². The molecule has 0 aliphatic heterocycles. The highest BCUT2D eigenvalue weighted by atomic mass is 15.2. The fourth-order valence-corrected chi connectivity index (χ4v) is 2.31. The van der Waals surface area contributed by atoms with Crippen LogP contribution in [0.25, 0.3) is 0 Å². The molecule has 108 valence electrons. The first kappa shape index (κ1) is 16.2. The normalized spacial score (nSPS) is 13.5. The quantitative estimate of drug-likeness (QED) is 0.444. The fourth-order valence-electron chi connectivity index (χ4n) is 2.31. The second-order valence-corrected chi connectivity index (χ2v) is 6.51. The molecule has 0 aromatic heterocycles. The van der Waals surface area contributed by atoms with Crippen molar-refractivity contribution < 1.29 is 0 Å². The Morgan fingerprint density at radius 3 is 2.21 bits per heavy atom. The molecule has 0 radical (unpaired) electrons. The third-order valence-corrected chi connectivity index (χ3v) is 3.69. The summed E-state index contributed by atoms with van der Waals surface area (Å²) in [4.78, 5) is 0. The molecule has 0 saturated heterocycles. The van der Waals surface area contributed by atoms with Crippen LogP contribution in [0, 0.1) is 0 Å². The van der Waals surface area contributed by atoms with Crippen LogP contribution in [0.1, 0.15) is 64.5 Å². The summed E-state index contributed by atoms with van der Waals surface area (Å²) in [5, 5.41) is 0. The summed E-state index contributed by atoms with van der Waals surface area (Å²) in [7, 11) is 0. The van der Waals surface area contributed by atoms with Gasteiger partial charge in [0.2, 0.25) is 0 Å². The van der Waals surface area contributed by atoms with Gasteiger partial charge in [0.1, 0.15) is 0 Å². The molecule has 0 saturated carbocycles. The maximum absolute atomic E-state index is 5.65. The molecule has 19 heavy (non-hydrogen) atoms. The largest absolute Gasteiger partial charge is 0.271 e. The Bertz CT molecular complexity index is 349. The van der Waals surface area contributed by atoms with Crippen LogP contribution in [-0.2, 0) is 11.8 Å². The van der Waals surface area contributed by atoms with Gasteiger partial charge in [-0.15, -0.1) is 0 Å². The van der Waals surface area contributed by atoms with Crippen molar-refractivity contribution in [3.8, 4) is 0 Å². The minimum absolute atomic E-state index is 0.227. The molecule has 2 heteroatoms. The molecule has 3 N–H and O–H groups in total. The van der Waals surface area contributed by atoms with E-state index in [1.165, 1.54) is 30.4 Å². The number of hydrazine groups is 1. The highest BCUT2D eigenvalue weighted by Crippen LogP contribution is 2.22. The van der Waals surface area contributed by atoms with Gasteiger partial charge in [-0.3, -0.25) is 11.3 Å². The molecule has 0 fully saturated rings. The van der Waals surface area contributed by atoms with Crippen LogP contribution in [0.2, 0.25) is 0 Å². The van der Waals surface area contributed by atoms with Gasteiger partial charge in [-0.25, -0.2) is 0 Å². The summed E-state index contributed by atoms with van der Waals surface area (Å²) >= 11 is 0. The number of nitrogens with one attached hydrogen (secondary N) is 1. The number of hydrogen-bond donors (Lipinski definition) is 2. The Morgan fingerprint density at radius 1 is 1.11 bits per heavy atom. The van der Waals surface area contributed by atoms with E-state index >= 15 is 0 Å². The summed E-state index contributed by atoms with van der Waals surface area (Å²) in [5.41, 5.74) is 5.94. The van der Waals surface area contributed by atoms with Gasteiger partial charge in [0.15, 0.2) is 0 Å². The zero-order chi connectivity index (χ0) is 14.3. The highest BCUT2D eigenvalue weighted by molar-refractivity contribution is 5.27. The maximum atomic E-state index is 5.65. The van der Waals surface area contributed by atoms with E-state index in [-0.39, 0.29) is 5.41 Å². The summed E-state index contributed by atoms with van der Waals surface area (Å²) in [5.74, 6) is 5.65. The number of nitrogens with two attached hydrogens (primary N) is 1. The van der Waals surface area contributed by atoms with Crippen molar-refractivity contribution in [2.75, 3.05) is 0 Å². The zero-order valence-corrected chi connectivity index (χ0v) is 13.0. The summed E-state index contributed by atoms with van der Waals surface area (Å²) < 4.78 is 0. The first-order valence-corrected chi connectivity index (χ1v) is 7.53. The van der Waals surface area contributed by atoms with E-state index in [1.54, 1.807) is 0 Å². The third-order valence-electron chi connectivity index (χ3n) is 3.69. The van der Waals surface area contributed by atoms with Crippen molar-refractivity contribution in [2.45, 2.75) is 71.3 Å². The molecule has 2 nitrogen and oxygen atoms in total. The van der Waals surface area contributed by atoms with E-state index in [2.05, 4.69) is 57.4 Å². The molecule has 0 spiro atoms. The molecular weight excluding hydrogens is 232 g/mol. The molecule has 0 amide bonds. The second kappa shape index (κ2) is 7.66. The fraction of sp³-hybridized carbons (Fsp3) is 0.647. The Morgan fingerprint density at radius 2 is 1.74 bits per heavy atom. The number of unbranched alkanes of at least 4 members (excludes halogenated alkanes) is 2. The number of hydrogen-bond acceptors (Lipinski definition) is 2. The molecule has 0 bridgehead atoms. The lowest BCUT2D eigenvalue weighted by Gasteiger charge is -2.20. The first-order chi connectivity index (χ1) is 8.97. The van der Waals surface area contributed by atoms with Crippen molar-refractivity contribution in [1.82, 2.24) is 5.43 Å². The van der Waals surface area contributed by atoms with Crippen molar-refractivity contribution in [2.24, 2.45) is 5.84 Å². The molecule has 1 aromatic carbocycles. The molecule has 0 heterocycles. The van der Waals surface area contributed by atoms with E-state index < -0.39 is 0 Å². The summed E-state index contributed by atoms with van der Waals surface area (Å²) in [6.07, 6.45) is 5.99. The minimum atomic E-state index is 0.227. The summed E-state index contributed by atoms with van der Waals surface area (Å²) in [6.45, 7) is 8.97. The number of benzene rings is 1. The average molecular weight is 262 g/mol. The molecule has 1 rings (SSSR count). The van der Waals surface area contributed by atoms with Gasteiger partial charge >= 0.3 is 0 Å². The Balaban J connectivity index is 2.55. The topological polar surface area (TPSA) is 38.0 Å². The van der Waals surface area contributed by atoms with Crippen molar-refractivity contribution in [3.63, 3.8) is 0 Å². The Kier molecular flexibility index (Phi) is 6.53. The molecule has 0 aliphatic carbocycles. The smallest absolute Gasteiger partial charge is 0.0250 e. The standard InChI is InChI=1S/C17H30N2/c1-5-6-7-8-16(19-18)13-14-9-11-15(12-10-14)17(2,3)4/h9-12,16,19H,5-8,13,18H2,1-4H3. The highest BCUT2D eigenvalue weighted by Gasteiger charge is 2.13. The predicted molar refractivity (Wildman–Crippen MR) is 84.1 cm³/mol. The van der Waals surface area contributed by atoms with Crippen molar-refractivity contribution in [3.05, 3.63) is 35.4 Å². The lowest BCUT2D eigenvalue weighted by Crippen LogP contribution is -2.36. The van der Waals surface area contributed by atoms with Crippen LogP contribution in [0.5, 0.6) is 0 Å². The third kappa shape index (κ3) is 5.75. The van der Waals surface area contributed by atoms with E-state index in [0.29, 0.717) is 6.04 Å². The zero-order valence-electron chi connectivity index (χ0n) is 13.0. The van der Waals surface area contributed by atoms with Gasteiger partial charge in [0.25, 0.3) is 0 Å². The van der Waals surface area contributed by atoms with Crippen LogP contribution in [-0.4, -0.2) is 6.04 Å². The van der Waals surface area contributed by atoms with Crippen molar-refractivity contribution in [1.29, 1.82) is 0 Å². The van der Waals surface area contributed by atoms with E-state index in [1.807, 2.05) is 0 Å². The van der Waals surface area contributed by atoms with Gasteiger partial charge in [0, 0.05) is 6.04 Å². The van der Waals surface area contributed by atoms with Crippen LogP contribution in [0.15, 0.2) is 24.3 Å². The molecular formula is C17H30N2. The number of rotatable bonds is 7. The van der Waals surface area contributed by atoms with Gasteiger partial charge in [-0.05, 0) is 29.4 Å². The molecule has 1 aromatic rings. The van der Waals surface area contributed by atoms with Gasteiger partial charge in [-0.2, -0.15) is 0 Å². The molecule has 1 atom stereocenters. The SMILES string of the molecule is CCCCCC(Cc1ccc(C(C)(C)C)cc1)NN. The monoisotopic (exact) mass is 262 g/mol. The second-order valence-electron chi connectivity index (χ2n) is 6.51. The van der Waals surface area contributed by atoms with Gasteiger partial charge < -0.3 is 0 Å². The summed E-state index contributed by atoms with van der Waals surface area (Å²) in [6, 6.07) is 9.37. The van der Waals surface area contributed by atoms with Crippen LogP contribution in [0.4, 0.5) is 0 Å². The van der Waals surface area contributed by atoms with E-state index in [0.717, 1.165) is 12.8 Å². The predicted octanol–water partition coefficient (Wildman–Crippen LogP) is 3.94. The van der Waals surface area contributed by atoms with Crippen molar-refractivity contribution >= 4 is 0 Å². The van der Waals surface area contributed by atoms with Gasteiger partial charge in [0.05, 0.1) is 0 Å². The Hall–Kier alpha value is -0.860. The molecule has 1 unspecified atom stereocenters. The van der Waals surface area contributed by atoms with Crippen LogP contribution < -0.4 is 11.3 Å². The van der Waals surface area contributed by atoms with Gasteiger partial charge in [-0.1, -0.05) is 71.2 Å². The first-order valence-electron chi connectivity index (χ1n) is 7.53. The average Bonchev–Trinajstić information content (AvgIpc) is 2.37. The lowest BCUT2D eigenvalue weighted by atomic mass is 9.86. The lowest BCUT2D eigenvalue weighted by molar-refractivity contribution is 0.466. The Labute approximate surface area is 118 Å².